The smallest absolute Gasteiger partial charge is 0.172 e. The van der Waals surface area contributed by atoms with Crippen molar-refractivity contribution in [3.05, 3.63) is 46.6 Å². The van der Waals surface area contributed by atoms with Gasteiger partial charge in [-0.3, -0.25) is 0 Å². The van der Waals surface area contributed by atoms with Crippen LogP contribution in [-0.4, -0.2) is 16.5 Å². The van der Waals surface area contributed by atoms with E-state index in [1.807, 2.05) is 20.8 Å². The van der Waals surface area contributed by atoms with Crippen LogP contribution in [0.3, 0.4) is 0 Å². The number of hydrogen-bond acceptors (Lipinski definition) is 3. The van der Waals surface area contributed by atoms with E-state index in [-0.39, 0.29) is 11.0 Å². The van der Waals surface area contributed by atoms with Crippen molar-refractivity contribution in [3.8, 4) is 0 Å². The lowest BCUT2D eigenvalue weighted by Crippen LogP contribution is -2.20. The molecular formula is C14H15ClFN3. The van der Waals surface area contributed by atoms with Crippen LogP contribution in [0.15, 0.2) is 24.3 Å². The van der Waals surface area contributed by atoms with Gasteiger partial charge >= 0.3 is 0 Å². The van der Waals surface area contributed by atoms with Gasteiger partial charge in [0.2, 0.25) is 0 Å². The molecule has 5 heteroatoms. The number of hydrogen-bond donors (Lipinski definition) is 0. The average Bonchev–Trinajstić information content (AvgIpc) is 2.38. The van der Waals surface area contributed by atoms with Crippen LogP contribution in [0, 0.1) is 19.7 Å². The first-order chi connectivity index (χ1) is 9.04. The fourth-order valence-electron chi connectivity index (χ4n) is 1.84. The minimum absolute atomic E-state index is 0.285. The Bertz CT molecular complexity index is 601. The standard InChI is InChI=1S/C14H15ClFN3/c1-4-19(12-8-6-5-7-11(12)16)14-13(15)17-9(2)10(3)18-14/h5-8H,4H2,1-3H3. The molecule has 1 aromatic heterocycles. The SMILES string of the molecule is CCN(c1ccccc1F)c1nc(C)c(C)nc1Cl. The van der Waals surface area contributed by atoms with Gasteiger partial charge in [-0.1, -0.05) is 23.7 Å². The third-order valence-corrected chi connectivity index (χ3v) is 3.22. The van der Waals surface area contributed by atoms with Gasteiger partial charge in [0.1, 0.15) is 5.82 Å². The summed E-state index contributed by atoms with van der Waals surface area (Å²) in [6, 6.07) is 6.55. The molecule has 0 aliphatic heterocycles. The van der Waals surface area contributed by atoms with Crippen molar-refractivity contribution in [1.29, 1.82) is 0 Å². The van der Waals surface area contributed by atoms with Crippen molar-refractivity contribution in [2.75, 3.05) is 11.4 Å². The van der Waals surface area contributed by atoms with Gasteiger partial charge in [0.15, 0.2) is 11.0 Å². The molecule has 0 saturated heterocycles. The minimum atomic E-state index is -0.305. The van der Waals surface area contributed by atoms with Crippen LogP contribution in [0.2, 0.25) is 5.15 Å². The van der Waals surface area contributed by atoms with Crippen LogP contribution in [0.25, 0.3) is 0 Å². The summed E-state index contributed by atoms with van der Waals surface area (Å²) in [5, 5.41) is 0.285. The molecule has 0 atom stereocenters. The second kappa shape index (κ2) is 5.53. The molecule has 19 heavy (non-hydrogen) atoms. The Labute approximate surface area is 117 Å². The molecule has 1 aromatic carbocycles. The van der Waals surface area contributed by atoms with Gasteiger partial charge in [0, 0.05) is 6.54 Å². The van der Waals surface area contributed by atoms with Crippen LogP contribution >= 0.6 is 11.6 Å². The summed E-state index contributed by atoms with van der Waals surface area (Å²) in [5.41, 5.74) is 2.01. The van der Waals surface area contributed by atoms with E-state index in [9.17, 15) is 4.39 Å². The van der Waals surface area contributed by atoms with Gasteiger partial charge in [-0.2, -0.15) is 0 Å². The van der Waals surface area contributed by atoms with Gasteiger partial charge in [-0.05, 0) is 32.9 Å². The van der Waals surface area contributed by atoms with Gasteiger partial charge in [-0.15, -0.1) is 0 Å². The maximum atomic E-state index is 13.9. The number of benzene rings is 1. The zero-order valence-electron chi connectivity index (χ0n) is 11.1. The second-order valence-electron chi connectivity index (χ2n) is 4.20. The van der Waals surface area contributed by atoms with Crippen LogP contribution in [0.5, 0.6) is 0 Å². The Morgan fingerprint density at radius 1 is 1.16 bits per heavy atom. The number of aryl methyl sites for hydroxylation is 2. The fraction of sp³-hybridized carbons (Fsp3) is 0.286. The summed E-state index contributed by atoms with van der Waals surface area (Å²) < 4.78 is 13.9. The molecule has 0 aliphatic carbocycles. The topological polar surface area (TPSA) is 29.0 Å². The zero-order valence-corrected chi connectivity index (χ0v) is 11.9. The van der Waals surface area contributed by atoms with E-state index in [0.717, 1.165) is 11.4 Å². The fourth-order valence-corrected chi connectivity index (χ4v) is 2.11. The molecule has 2 rings (SSSR count). The number of halogens is 2. The lowest BCUT2D eigenvalue weighted by molar-refractivity contribution is 0.625. The minimum Gasteiger partial charge on any atom is -0.322 e. The van der Waals surface area contributed by atoms with E-state index in [4.69, 9.17) is 11.6 Å². The molecule has 0 spiro atoms. The van der Waals surface area contributed by atoms with Crippen molar-refractivity contribution in [2.45, 2.75) is 20.8 Å². The Balaban J connectivity index is 2.55. The molecule has 0 amide bonds. The van der Waals surface area contributed by atoms with Gasteiger partial charge in [0.25, 0.3) is 0 Å². The highest BCUT2D eigenvalue weighted by atomic mass is 35.5. The van der Waals surface area contributed by atoms with Crippen molar-refractivity contribution in [3.63, 3.8) is 0 Å². The van der Waals surface area contributed by atoms with E-state index >= 15 is 0 Å². The molecule has 0 bridgehead atoms. The summed E-state index contributed by atoms with van der Waals surface area (Å²) in [4.78, 5) is 10.4. The molecule has 100 valence electrons. The normalized spacial score (nSPS) is 10.6. The summed E-state index contributed by atoms with van der Waals surface area (Å²) in [7, 11) is 0. The van der Waals surface area contributed by atoms with Crippen LogP contribution < -0.4 is 4.90 Å². The maximum absolute atomic E-state index is 13.9. The molecular weight excluding hydrogens is 265 g/mol. The predicted octanol–water partition coefficient (Wildman–Crippen LogP) is 4.04. The molecule has 0 fully saturated rings. The largest absolute Gasteiger partial charge is 0.322 e. The molecule has 1 heterocycles. The molecule has 3 nitrogen and oxygen atoms in total. The first kappa shape index (κ1) is 13.7. The average molecular weight is 280 g/mol. The zero-order chi connectivity index (χ0) is 14.0. The number of anilines is 2. The van der Waals surface area contributed by atoms with Crippen molar-refractivity contribution < 1.29 is 4.39 Å². The molecule has 0 N–H and O–H groups in total. The molecule has 0 aliphatic rings. The summed E-state index contributed by atoms with van der Waals surface area (Å²) >= 11 is 6.14. The lowest BCUT2D eigenvalue weighted by Gasteiger charge is -2.23. The van der Waals surface area contributed by atoms with E-state index < -0.39 is 0 Å². The van der Waals surface area contributed by atoms with E-state index in [2.05, 4.69) is 9.97 Å². The summed E-state index contributed by atoms with van der Waals surface area (Å²) in [6.45, 7) is 6.17. The predicted molar refractivity (Wildman–Crippen MR) is 75.6 cm³/mol. The Hall–Kier alpha value is -1.68. The lowest BCUT2D eigenvalue weighted by atomic mass is 10.2. The van der Waals surface area contributed by atoms with E-state index in [1.54, 1.807) is 23.1 Å². The highest BCUT2D eigenvalue weighted by Gasteiger charge is 2.17. The molecule has 2 aromatic rings. The van der Waals surface area contributed by atoms with E-state index in [1.165, 1.54) is 6.07 Å². The van der Waals surface area contributed by atoms with Crippen LogP contribution in [0.1, 0.15) is 18.3 Å². The third kappa shape index (κ3) is 2.68. The first-order valence-corrected chi connectivity index (χ1v) is 6.45. The number of aromatic nitrogens is 2. The van der Waals surface area contributed by atoms with Gasteiger partial charge < -0.3 is 4.90 Å². The highest BCUT2D eigenvalue weighted by Crippen LogP contribution is 2.30. The van der Waals surface area contributed by atoms with E-state index in [0.29, 0.717) is 18.1 Å². The monoisotopic (exact) mass is 279 g/mol. The molecule has 0 saturated carbocycles. The van der Waals surface area contributed by atoms with Crippen molar-refractivity contribution in [1.82, 2.24) is 9.97 Å². The van der Waals surface area contributed by atoms with Crippen molar-refractivity contribution in [2.24, 2.45) is 0 Å². The first-order valence-electron chi connectivity index (χ1n) is 6.07. The highest BCUT2D eigenvalue weighted by molar-refractivity contribution is 6.31. The number of para-hydroxylation sites is 1. The maximum Gasteiger partial charge on any atom is 0.172 e. The van der Waals surface area contributed by atoms with Gasteiger partial charge in [0.05, 0.1) is 17.1 Å². The molecule has 0 unspecified atom stereocenters. The summed E-state index contributed by atoms with van der Waals surface area (Å²) in [6.07, 6.45) is 0. The number of nitrogens with zero attached hydrogens (tertiary/aromatic N) is 3. The van der Waals surface area contributed by atoms with Crippen molar-refractivity contribution >= 4 is 23.1 Å². The Kier molecular flexibility index (Phi) is 4.00. The summed E-state index contributed by atoms with van der Waals surface area (Å²) in [5.74, 6) is 0.179. The third-order valence-electron chi connectivity index (χ3n) is 2.96. The number of rotatable bonds is 3. The van der Waals surface area contributed by atoms with Crippen LogP contribution in [-0.2, 0) is 0 Å². The Morgan fingerprint density at radius 2 is 1.79 bits per heavy atom. The quantitative estimate of drug-likeness (QED) is 0.849. The Morgan fingerprint density at radius 3 is 2.42 bits per heavy atom. The second-order valence-corrected chi connectivity index (χ2v) is 4.56. The van der Waals surface area contributed by atoms with Crippen LogP contribution in [0.4, 0.5) is 15.9 Å². The van der Waals surface area contributed by atoms with Gasteiger partial charge in [-0.25, -0.2) is 14.4 Å². The molecule has 0 radical (unpaired) electrons.